The van der Waals surface area contributed by atoms with Gasteiger partial charge in [-0.3, -0.25) is 9.78 Å². The number of hydrazone groups is 1. The highest BCUT2D eigenvalue weighted by atomic mass is 16.1. The standard InChI is InChI=1S/C31H28N6O/c1-21-17-31(2,3)37(20-22-10-6-4-7-11-22)27-15-14-23(16-25(21)27)19-33-36-30-34-28(24-12-8-5-9-13-24)26(18-32)29(38)35-30/h4-17,19H,20H2,1-3H3,(H2,34,35,36,38). The SMILES string of the molecule is CC1=CC(C)(C)N(Cc2ccccc2)c2ccc(C=NNc3nc(-c4ccccc4)c(C#N)c(=O)[nH]3)cc21. The van der Waals surface area contributed by atoms with E-state index < -0.39 is 5.56 Å². The molecule has 2 N–H and O–H groups in total. The highest BCUT2D eigenvalue weighted by Gasteiger charge is 2.31. The van der Waals surface area contributed by atoms with E-state index in [1.54, 1.807) is 18.3 Å². The first-order chi connectivity index (χ1) is 18.4. The fraction of sp³-hybridized carbons (Fsp3) is 0.161. The summed E-state index contributed by atoms with van der Waals surface area (Å²) in [4.78, 5) is 21.9. The third-order valence-corrected chi connectivity index (χ3v) is 6.65. The van der Waals surface area contributed by atoms with Crippen LogP contribution in [-0.2, 0) is 6.54 Å². The van der Waals surface area contributed by atoms with Crippen molar-refractivity contribution in [2.45, 2.75) is 32.9 Å². The number of fused-ring (bicyclic) bond motifs is 1. The van der Waals surface area contributed by atoms with Crippen LogP contribution in [0.15, 0.2) is 94.8 Å². The lowest BCUT2D eigenvalue weighted by Crippen LogP contribution is -2.44. The Labute approximate surface area is 221 Å². The van der Waals surface area contributed by atoms with Crippen molar-refractivity contribution in [3.63, 3.8) is 0 Å². The van der Waals surface area contributed by atoms with Crippen molar-refractivity contribution in [2.24, 2.45) is 5.10 Å². The lowest BCUT2D eigenvalue weighted by Gasteiger charge is -2.43. The summed E-state index contributed by atoms with van der Waals surface area (Å²) in [5, 5.41) is 13.8. The number of aromatic nitrogens is 2. The molecule has 7 heteroatoms. The van der Waals surface area contributed by atoms with Crippen molar-refractivity contribution >= 4 is 23.4 Å². The summed E-state index contributed by atoms with van der Waals surface area (Å²) in [7, 11) is 0. The van der Waals surface area contributed by atoms with Crippen LogP contribution < -0.4 is 15.9 Å². The van der Waals surface area contributed by atoms with Crippen molar-refractivity contribution in [3.05, 3.63) is 118 Å². The minimum atomic E-state index is -0.519. The maximum absolute atomic E-state index is 12.5. The van der Waals surface area contributed by atoms with Gasteiger partial charge in [-0.25, -0.2) is 10.4 Å². The molecule has 1 aliphatic heterocycles. The number of nitrogens with zero attached hydrogens (tertiary/aromatic N) is 4. The number of rotatable bonds is 6. The Morgan fingerprint density at radius 2 is 1.79 bits per heavy atom. The molecule has 7 nitrogen and oxygen atoms in total. The Hall–Kier alpha value is -4.96. The molecule has 3 aromatic carbocycles. The molecule has 0 atom stereocenters. The van der Waals surface area contributed by atoms with E-state index in [1.807, 2.05) is 36.4 Å². The van der Waals surface area contributed by atoms with Gasteiger partial charge in [0.25, 0.3) is 5.56 Å². The number of anilines is 2. The summed E-state index contributed by atoms with van der Waals surface area (Å²) in [6.07, 6.45) is 3.99. The highest BCUT2D eigenvalue weighted by molar-refractivity contribution is 5.88. The van der Waals surface area contributed by atoms with E-state index in [-0.39, 0.29) is 17.1 Å². The van der Waals surface area contributed by atoms with E-state index >= 15 is 0 Å². The van der Waals surface area contributed by atoms with Crippen LogP contribution in [0.3, 0.4) is 0 Å². The number of benzene rings is 3. The Balaban J connectivity index is 1.41. The van der Waals surface area contributed by atoms with Crippen molar-refractivity contribution in [1.29, 1.82) is 5.26 Å². The van der Waals surface area contributed by atoms with E-state index in [0.29, 0.717) is 11.3 Å². The van der Waals surface area contributed by atoms with Crippen LogP contribution in [-0.4, -0.2) is 21.7 Å². The predicted molar refractivity (Wildman–Crippen MR) is 153 cm³/mol. The molecule has 4 aromatic rings. The third kappa shape index (κ3) is 4.97. The fourth-order valence-electron chi connectivity index (χ4n) is 4.84. The van der Waals surface area contributed by atoms with Gasteiger partial charge < -0.3 is 4.90 Å². The lowest BCUT2D eigenvalue weighted by atomic mass is 9.87. The van der Waals surface area contributed by atoms with E-state index in [9.17, 15) is 10.1 Å². The zero-order valence-electron chi connectivity index (χ0n) is 21.6. The van der Waals surface area contributed by atoms with E-state index in [0.717, 1.165) is 17.7 Å². The van der Waals surface area contributed by atoms with Crippen LogP contribution in [0.5, 0.6) is 0 Å². The summed E-state index contributed by atoms with van der Waals surface area (Å²) in [6.45, 7) is 7.41. The smallest absolute Gasteiger partial charge is 0.270 e. The number of aromatic amines is 1. The predicted octanol–water partition coefficient (Wildman–Crippen LogP) is 5.96. The normalized spacial score (nSPS) is 14.1. The van der Waals surface area contributed by atoms with Gasteiger partial charge >= 0.3 is 0 Å². The minimum absolute atomic E-state index is 0.0364. The van der Waals surface area contributed by atoms with Gasteiger partial charge in [0, 0.05) is 23.4 Å². The molecule has 1 aromatic heterocycles. The van der Waals surface area contributed by atoms with Gasteiger partial charge in [0.05, 0.1) is 17.4 Å². The second-order valence-corrected chi connectivity index (χ2v) is 9.82. The monoisotopic (exact) mass is 500 g/mol. The van der Waals surface area contributed by atoms with E-state index in [2.05, 4.69) is 88.6 Å². The number of H-pyrrole nitrogens is 1. The Morgan fingerprint density at radius 1 is 1.08 bits per heavy atom. The lowest BCUT2D eigenvalue weighted by molar-refractivity contribution is 0.552. The summed E-state index contributed by atoms with van der Waals surface area (Å²) in [5.74, 6) is 0.161. The quantitative estimate of drug-likeness (QED) is 0.252. The van der Waals surface area contributed by atoms with Crippen LogP contribution in [0, 0.1) is 11.3 Å². The van der Waals surface area contributed by atoms with Crippen molar-refractivity contribution < 1.29 is 0 Å². The summed E-state index contributed by atoms with van der Waals surface area (Å²) in [6, 6.07) is 27.8. The fourth-order valence-corrected chi connectivity index (χ4v) is 4.84. The Kier molecular flexibility index (Phi) is 6.63. The molecule has 2 heterocycles. The maximum Gasteiger partial charge on any atom is 0.270 e. The number of nitrogens with one attached hydrogen (secondary N) is 2. The van der Waals surface area contributed by atoms with Crippen LogP contribution in [0.1, 0.15) is 43.0 Å². The highest BCUT2D eigenvalue weighted by Crippen LogP contribution is 2.40. The summed E-state index contributed by atoms with van der Waals surface area (Å²) in [5.41, 5.74) is 8.82. The van der Waals surface area contributed by atoms with Gasteiger partial charge in [-0.05, 0) is 49.6 Å². The van der Waals surface area contributed by atoms with E-state index in [4.69, 9.17) is 0 Å². The van der Waals surface area contributed by atoms with E-state index in [1.165, 1.54) is 16.8 Å². The molecular weight excluding hydrogens is 472 g/mol. The second-order valence-electron chi connectivity index (χ2n) is 9.82. The van der Waals surface area contributed by atoms with Crippen LogP contribution in [0.2, 0.25) is 0 Å². The summed E-state index contributed by atoms with van der Waals surface area (Å²) >= 11 is 0. The molecule has 0 radical (unpaired) electrons. The third-order valence-electron chi connectivity index (χ3n) is 6.65. The summed E-state index contributed by atoms with van der Waals surface area (Å²) < 4.78 is 0. The maximum atomic E-state index is 12.5. The number of nitriles is 1. The average Bonchev–Trinajstić information content (AvgIpc) is 2.91. The number of hydrogen-bond acceptors (Lipinski definition) is 6. The number of allylic oxidation sites excluding steroid dienone is 1. The largest absolute Gasteiger partial charge is 0.358 e. The van der Waals surface area contributed by atoms with Gasteiger partial charge in [0.15, 0.2) is 0 Å². The molecule has 0 spiro atoms. The Morgan fingerprint density at radius 3 is 2.50 bits per heavy atom. The van der Waals surface area contributed by atoms with Gasteiger partial charge in [0.2, 0.25) is 5.95 Å². The average molecular weight is 501 g/mol. The van der Waals surface area contributed by atoms with Crippen molar-refractivity contribution in [2.75, 3.05) is 10.3 Å². The molecule has 0 amide bonds. The molecule has 0 fully saturated rings. The van der Waals surface area contributed by atoms with Gasteiger partial charge in [-0.15, -0.1) is 0 Å². The first-order valence-corrected chi connectivity index (χ1v) is 12.4. The molecule has 0 unspecified atom stereocenters. The van der Waals surface area contributed by atoms with Gasteiger partial charge in [0.1, 0.15) is 11.6 Å². The molecule has 0 saturated carbocycles. The molecule has 0 aliphatic carbocycles. The molecule has 188 valence electrons. The van der Waals surface area contributed by atoms with Crippen molar-refractivity contribution in [3.8, 4) is 17.3 Å². The zero-order valence-corrected chi connectivity index (χ0v) is 21.6. The first kappa shape index (κ1) is 24.7. The number of hydrogen-bond donors (Lipinski definition) is 2. The molecule has 5 rings (SSSR count). The van der Waals surface area contributed by atoms with Crippen LogP contribution in [0.4, 0.5) is 11.6 Å². The molecule has 38 heavy (non-hydrogen) atoms. The Bertz CT molecular complexity index is 1630. The van der Waals surface area contributed by atoms with Gasteiger partial charge in [-0.1, -0.05) is 72.8 Å². The topological polar surface area (TPSA) is 97.2 Å². The minimum Gasteiger partial charge on any atom is -0.358 e. The second kappa shape index (κ2) is 10.2. The molecular formula is C31H28N6O. The molecule has 0 saturated heterocycles. The molecule has 1 aliphatic rings. The van der Waals surface area contributed by atoms with Crippen LogP contribution >= 0.6 is 0 Å². The van der Waals surface area contributed by atoms with Crippen LogP contribution in [0.25, 0.3) is 16.8 Å². The molecule has 0 bridgehead atoms. The van der Waals surface area contributed by atoms with Gasteiger partial charge in [-0.2, -0.15) is 10.4 Å². The zero-order chi connectivity index (χ0) is 26.7. The van der Waals surface area contributed by atoms with Crippen molar-refractivity contribution in [1.82, 2.24) is 9.97 Å². The first-order valence-electron chi connectivity index (χ1n) is 12.4.